The number of carboxylic acids is 1. The van der Waals surface area contributed by atoms with E-state index in [4.69, 9.17) is 5.11 Å². The molecular formula is C9H8FNO2. The predicted molar refractivity (Wildman–Crippen MR) is 45.3 cm³/mol. The number of benzene rings is 1. The second kappa shape index (κ2) is 2.73. The topological polar surface area (TPSA) is 49.3 Å². The molecule has 0 aromatic heterocycles. The molecule has 1 atom stereocenters. The number of hydrogen-bond acceptors (Lipinski definition) is 2. The van der Waals surface area contributed by atoms with E-state index in [9.17, 15) is 9.18 Å². The van der Waals surface area contributed by atoms with Crippen molar-refractivity contribution in [3.05, 3.63) is 29.6 Å². The van der Waals surface area contributed by atoms with E-state index in [1.54, 1.807) is 12.1 Å². The number of nitrogens with one attached hydrogen (secondary N) is 1. The quantitative estimate of drug-likeness (QED) is 0.688. The molecule has 1 heterocycles. The highest BCUT2D eigenvalue weighted by Gasteiger charge is 2.30. The lowest BCUT2D eigenvalue weighted by atomic mass is 10.0. The number of anilines is 1. The van der Waals surface area contributed by atoms with E-state index < -0.39 is 17.7 Å². The van der Waals surface area contributed by atoms with Crippen LogP contribution < -0.4 is 5.32 Å². The predicted octanol–water partition coefficient (Wildman–Crippen LogP) is 1.42. The van der Waals surface area contributed by atoms with Gasteiger partial charge in [-0.3, -0.25) is 4.79 Å². The molecule has 1 aliphatic heterocycles. The highest BCUT2D eigenvalue weighted by molar-refractivity contribution is 5.82. The Morgan fingerprint density at radius 2 is 2.38 bits per heavy atom. The molecule has 0 spiro atoms. The number of hydrogen-bond donors (Lipinski definition) is 2. The van der Waals surface area contributed by atoms with Crippen molar-refractivity contribution in [2.45, 2.75) is 5.92 Å². The van der Waals surface area contributed by atoms with Gasteiger partial charge >= 0.3 is 5.97 Å². The maximum atomic E-state index is 13.2. The SMILES string of the molecule is O=C(O)C1CNc2cccc(F)c21. The maximum absolute atomic E-state index is 13.2. The van der Waals surface area contributed by atoms with Crippen LogP contribution in [0, 0.1) is 5.82 Å². The number of aliphatic carboxylic acids is 1. The summed E-state index contributed by atoms with van der Waals surface area (Å²) in [5.74, 6) is -2.19. The van der Waals surface area contributed by atoms with Gasteiger partial charge in [-0.1, -0.05) is 6.07 Å². The standard InChI is InChI=1S/C9H8FNO2/c10-6-2-1-3-7-8(6)5(4-11-7)9(12)13/h1-3,5,11H,4H2,(H,12,13). The largest absolute Gasteiger partial charge is 0.481 e. The summed E-state index contributed by atoms with van der Waals surface area (Å²) in [6.07, 6.45) is 0. The Balaban J connectivity index is 2.52. The summed E-state index contributed by atoms with van der Waals surface area (Å²) in [7, 11) is 0. The molecule has 0 bridgehead atoms. The van der Waals surface area contributed by atoms with Gasteiger partial charge < -0.3 is 10.4 Å². The summed E-state index contributed by atoms with van der Waals surface area (Å²) in [6, 6.07) is 4.52. The van der Waals surface area contributed by atoms with Crippen molar-refractivity contribution in [1.82, 2.24) is 0 Å². The van der Waals surface area contributed by atoms with Crippen molar-refractivity contribution < 1.29 is 14.3 Å². The van der Waals surface area contributed by atoms with Gasteiger partial charge in [0.15, 0.2) is 0 Å². The average Bonchev–Trinajstić information content (AvgIpc) is 2.49. The Morgan fingerprint density at radius 1 is 1.62 bits per heavy atom. The van der Waals surface area contributed by atoms with E-state index in [1.165, 1.54) is 6.07 Å². The van der Waals surface area contributed by atoms with Crippen LogP contribution in [-0.2, 0) is 4.79 Å². The van der Waals surface area contributed by atoms with Gasteiger partial charge in [0, 0.05) is 17.8 Å². The minimum Gasteiger partial charge on any atom is -0.481 e. The molecule has 2 N–H and O–H groups in total. The fraction of sp³-hybridized carbons (Fsp3) is 0.222. The van der Waals surface area contributed by atoms with Gasteiger partial charge in [-0.25, -0.2) is 4.39 Å². The minimum atomic E-state index is -0.989. The molecule has 0 aliphatic carbocycles. The third-order valence-electron chi connectivity index (χ3n) is 2.20. The van der Waals surface area contributed by atoms with Gasteiger partial charge in [-0.05, 0) is 12.1 Å². The summed E-state index contributed by atoms with van der Waals surface area (Å²) in [5.41, 5.74) is 0.863. The van der Waals surface area contributed by atoms with Gasteiger partial charge in [-0.2, -0.15) is 0 Å². The van der Waals surface area contributed by atoms with Crippen molar-refractivity contribution in [1.29, 1.82) is 0 Å². The number of rotatable bonds is 1. The fourth-order valence-electron chi connectivity index (χ4n) is 1.57. The summed E-state index contributed by atoms with van der Waals surface area (Å²) in [6.45, 7) is 0.269. The first-order valence-electron chi connectivity index (χ1n) is 3.95. The van der Waals surface area contributed by atoms with Gasteiger partial charge in [0.25, 0.3) is 0 Å². The van der Waals surface area contributed by atoms with Crippen LogP contribution in [0.3, 0.4) is 0 Å². The molecule has 1 aromatic carbocycles. The van der Waals surface area contributed by atoms with Crippen LogP contribution in [0.1, 0.15) is 11.5 Å². The third-order valence-corrected chi connectivity index (χ3v) is 2.20. The second-order valence-corrected chi connectivity index (χ2v) is 2.97. The lowest BCUT2D eigenvalue weighted by Crippen LogP contribution is -2.14. The Kier molecular flexibility index (Phi) is 1.69. The molecule has 1 aromatic rings. The van der Waals surface area contributed by atoms with Crippen LogP contribution in [0.2, 0.25) is 0 Å². The van der Waals surface area contributed by atoms with Crippen molar-refractivity contribution in [3.8, 4) is 0 Å². The van der Waals surface area contributed by atoms with Crippen LogP contribution in [-0.4, -0.2) is 17.6 Å². The van der Waals surface area contributed by atoms with Crippen molar-refractivity contribution in [2.24, 2.45) is 0 Å². The summed E-state index contributed by atoms with van der Waals surface area (Å²) >= 11 is 0. The molecule has 13 heavy (non-hydrogen) atoms. The lowest BCUT2D eigenvalue weighted by Gasteiger charge is -2.04. The van der Waals surface area contributed by atoms with Crippen molar-refractivity contribution in [2.75, 3.05) is 11.9 Å². The van der Waals surface area contributed by atoms with Gasteiger partial charge in [0.2, 0.25) is 0 Å². The second-order valence-electron chi connectivity index (χ2n) is 2.97. The van der Waals surface area contributed by atoms with Gasteiger partial charge in [-0.15, -0.1) is 0 Å². The molecule has 0 amide bonds. The first kappa shape index (κ1) is 8.04. The summed E-state index contributed by atoms with van der Waals surface area (Å²) in [5, 5.41) is 11.6. The van der Waals surface area contributed by atoms with Crippen molar-refractivity contribution in [3.63, 3.8) is 0 Å². The van der Waals surface area contributed by atoms with Crippen LogP contribution in [0.5, 0.6) is 0 Å². The molecule has 0 fully saturated rings. The molecule has 2 rings (SSSR count). The van der Waals surface area contributed by atoms with Crippen LogP contribution in [0.25, 0.3) is 0 Å². The Morgan fingerprint density at radius 3 is 3.08 bits per heavy atom. The van der Waals surface area contributed by atoms with E-state index in [0.717, 1.165) is 0 Å². The van der Waals surface area contributed by atoms with E-state index in [0.29, 0.717) is 5.69 Å². The zero-order chi connectivity index (χ0) is 9.42. The number of fused-ring (bicyclic) bond motifs is 1. The van der Waals surface area contributed by atoms with Gasteiger partial charge in [0.1, 0.15) is 11.7 Å². The highest BCUT2D eigenvalue weighted by atomic mass is 19.1. The minimum absolute atomic E-state index is 0.269. The molecule has 0 radical (unpaired) electrons. The van der Waals surface area contributed by atoms with E-state index in [-0.39, 0.29) is 12.1 Å². The number of carbonyl (C=O) groups is 1. The molecule has 0 saturated heterocycles. The van der Waals surface area contributed by atoms with Gasteiger partial charge in [0.05, 0.1) is 0 Å². The van der Waals surface area contributed by atoms with E-state index >= 15 is 0 Å². The normalized spacial score (nSPS) is 19.3. The van der Waals surface area contributed by atoms with E-state index in [2.05, 4.69) is 5.32 Å². The fourth-order valence-corrected chi connectivity index (χ4v) is 1.57. The Labute approximate surface area is 74.2 Å². The Bertz CT molecular complexity index is 365. The summed E-state index contributed by atoms with van der Waals surface area (Å²) < 4.78 is 13.2. The monoisotopic (exact) mass is 181 g/mol. The highest BCUT2D eigenvalue weighted by Crippen LogP contribution is 2.33. The first-order valence-corrected chi connectivity index (χ1v) is 3.95. The molecule has 3 nitrogen and oxygen atoms in total. The molecular weight excluding hydrogens is 173 g/mol. The van der Waals surface area contributed by atoms with Crippen LogP contribution in [0.4, 0.5) is 10.1 Å². The zero-order valence-electron chi connectivity index (χ0n) is 6.75. The molecule has 0 saturated carbocycles. The van der Waals surface area contributed by atoms with Crippen LogP contribution in [0.15, 0.2) is 18.2 Å². The average molecular weight is 181 g/mol. The first-order chi connectivity index (χ1) is 6.20. The smallest absolute Gasteiger partial charge is 0.312 e. The molecule has 1 aliphatic rings. The molecule has 4 heteroatoms. The molecule has 68 valence electrons. The number of carboxylic acid groups (broad SMARTS) is 1. The Hall–Kier alpha value is -1.58. The summed E-state index contributed by atoms with van der Waals surface area (Å²) in [4.78, 5) is 10.7. The molecule has 1 unspecified atom stereocenters. The zero-order valence-corrected chi connectivity index (χ0v) is 6.75. The van der Waals surface area contributed by atoms with Crippen molar-refractivity contribution >= 4 is 11.7 Å². The number of halogens is 1. The van der Waals surface area contributed by atoms with Crippen LogP contribution >= 0.6 is 0 Å². The van der Waals surface area contributed by atoms with E-state index in [1.807, 2.05) is 0 Å². The third kappa shape index (κ3) is 1.14. The lowest BCUT2D eigenvalue weighted by molar-refractivity contribution is -0.138. The maximum Gasteiger partial charge on any atom is 0.312 e.